The van der Waals surface area contributed by atoms with Crippen LogP contribution >= 0.6 is 0 Å². The lowest BCUT2D eigenvalue weighted by molar-refractivity contribution is -0.161. The highest BCUT2D eigenvalue weighted by molar-refractivity contribution is 6.01. The molecule has 164 valence electrons. The molecule has 30 heavy (non-hydrogen) atoms. The number of likely N-dealkylation sites (tertiary alicyclic amines) is 1. The lowest BCUT2D eigenvalue weighted by Gasteiger charge is -2.41. The third-order valence-electron chi connectivity index (χ3n) is 6.59. The molecule has 4 rings (SSSR count). The van der Waals surface area contributed by atoms with E-state index in [2.05, 4.69) is 10.1 Å². The number of carbonyl (C=O) groups excluding carboxylic acids is 1. The highest BCUT2D eigenvalue weighted by Gasteiger charge is 2.46. The number of rotatable bonds is 7. The Balaban J connectivity index is 1.37. The van der Waals surface area contributed by atoms with Crippen molar-refractivity contribution in [3.05, 3.63) is 35.6 Å². The van der Waals surface area contributed by atoms with Crippen molar-refractivity contribution < 1.29 is 23.5 Å². The zero-order valence-corrected chi connectivity index (χ0v) is 17.6. The van der Waals surface area contributed by atoms with Crippen molar-refractivity contribution >= 4 is 11.7 Å². The predicted octanol–water partition coefficient (Wildman–Crippen LogP) is 3.39. The van der Waals surface area contributed by atoms with Crippen molar-refractivity contribution in [3.8, 4) is 0 Å². The average molecular weight is 419 g/mol. The molecule has 2 atom stereocenters. The van der Waals surface area contributed by atoms with E-state index in [-0.39, 0.29) is 17.9 Å². The summed E-state index contributed by atoms with van der Waals surface area (Å²) in [5.41, 5.74) is 1.13. The lowest BCUT2D eigenvalue weighted by Crippen LogP contribution is -2.47. The van der Waals surface area contributed by atoms with Crippen molar-refractivity contribution in [1.82, 2.24) is 4.90 Å². The molecular weight excluding hydrogens is 387 g/mol. The van der Waals surface area contributed by atoms with Gasteiger partial charge >= 0.3 is 5.97 Å². The first-order valence-electron chi connectivity index (χ1n) is 11.0. The largest absolute Gasteiger partial charge is 0.466 e. The van der Waals surface area contributed by atoms with Gasteiger partial charge in [0, 0.05) is 26.0 Å². The first kappa shape index (κ1) is 21.2. The van der Waals surface area contributed by atoms with E-state index in [1.807, 2.05) is 6.92 Å². The maximum atomic E-state index is 13.2. The SMILES string of the molecule is CCOC(=O)C1(C[C@@H]2CC(c3ccc(F)cc3)=NO2)CCN(C[C@H]2CCOC2)CC1. The van der Waals surface area contributed by atoms with Gasteiger partial charge < -0.3 is 19.2 Å². The monoisotopic (exact) mass is 418 g/mol. The first-order valence-corrected chi connectivity index (χ1v) is 11.0. The molecule has 6 nitrogen and oxygen atoms in total. The van der Waals surface area contributed by atoms with E-state index >= 15 is 0 Å². The fourth-order valence-electron chi connectivity index (χ4n) is 4.82. The van der Waals surface area contributed by atoms with Gasteiger partial charge in [-0.15, -0.1) is 0 Å². The molecular formula is C23H31FN2O4. The topological polar surface area (TPSA) is 60.4 Å². The second-order valence-corrected chi connectivity index (χ2v) is 8.71. The molecule has 2 fully saturated rings. The van der Waals surface area contributed by atoms with Crippen molar-refractivity contribution in [1.29, 1.82) is 0 Å². The minimum absolute atomic E-state index is 0.118. The molecule has 7 heteroatoms. The van der Waals surface area contributed by atoms with Crippen molar-refractivity contribution in [3.63, 3.8) is 0 Å². The van der Waals surface area contributed by atoms with E-state index in [0.29, 0.717) is 25.4 Å². The van der Waals surface area contributed by atoms with Gasteiger partial charge in [0.2, 0.25) is 0 Å². The number of nitrogens with zero attached hydrogens (tertiary/aromatic N) is 2. The average Bonchev–Trinajstić information content (AvgIpc) is 3.42. The van der Waals surface area contributed by atoms with Crippen LogP contribution in [-0.2, 0) is 19.1 Å². The molecule has 3 heterocycles. The highest BCUT2D eigenvalue weighted by atomic mass is 19.1. The van der Waals surface area contributed by atoms with Gasteiger partial charge in [0.1, 0.15) is 11.9 Å². The Morgan fingerprint density at radius 1 is 1.30 bits per heavy atom. The van der Waals surface area contributed by atoms with Gasteiger partial charge in [0.25, 0.3) is 0 Å². The Morgan fingerprint density at radius 3 is 2.73 bits per heavy atom. The molecule has 3 aliphatic heterocycles. The fraction of sp³-hybridized carbons (Fsp3) is 0.652. The van der Waals surface area contributed by atoms with Crippen LogP contribution in [0.2, 0.25) is 0 Å². The van der Waals surface area contributed by atoms with Crippen LogP contribution in [0.15, 0.2) is 29.4 Å². The van der Waals surface area contributed by atoms with Crippen molar-refractivity contribution in [2.45, 2.75) is 45.1 Å². The number of oxime groups is 1. The summed E-state index contributed by atoms with van der Waals surface area (Å²) in [4.78, 5) is 21.1. The molecule has 0 radical (unpaired) electrons. The first-order chi connectivity index (χ1) is 14.6. The molecule has 0 aliphatic carbocycles. The Labute approximate surface area is 177 Å². The van der Waals surface area contributed by atoms with E-state index < -0.39 is 5.41 Å². The maximum absolute atomic E-state index is 13.2. The standard InChI is InChI=1S/C23H31FN2O4/c1-2-29-22(27)23(8-10-26(11-9-23)15-17-7-12-28-16-17)14-20-13-21(25-30-20)18-3-5-19(24)6-4-18/h3-6,17,20H,2,7-16H2,1H3/t17-,20+/m1/s1. The normalized spacial score (nSPS) is 26.3. The molecule has 1 aromatic rings. The molecule has 1 aromatic carbocycles. The van der Waals surface area contributed by atoms with Crippen LogP contribution in [-0.4, -0.2) is 62.1 Å². The molecule has 2 saturated heterocycles. The number of esters is 1. The maximum Gasteiger partial charge on any atom is 0.312 e. The van der Waals surface area contributed by atoms with Gasteiger partial charge in [0.05, 0.1) is 24.3 Å². The van der Waals surface area contributed by atoms with E-state index in [1.165, 1.54) is 12.1 Å². The van der Waals surface area contributed by atoms with Crippen molar-refractivity contribution in [2.24, 2.45) is 16.5 Å². The minimum Gasteiger partial charge on any atom is -0.466 e. The number of hydrogen-bond donors (Lipinski definition) is 0. The quantitative estimate of drug-likeness (QED) is 0.636. The van der Waals surface area contributed by atoms with E-state index in [1.54, 1.807) is 12.1 Å². The number of halogens is 1. The minimum atomic E-state index is -0.531. The summed E-state index contributed by atoms with van der Waals surface area (Å²) in [6.45, 7) is 6.74. The van der Waals surface area contributed by atoms with Gasteiger partial charge in [-0.2, -0.15) is 0 Å². The molecule has 3 aliphatic rings. The summed E-state index contributed by atoms with van der Waals surface area (Å²) >= 11 is 0. The van der Waals surface area contributed by atoms with Crippen LogP contribution in [0, 0.1) is 17.2 Å². The van der Waals surface area contributed by atoms with Crippen molar-refractivity contribution in [2.75, 3.05) is 39.5 Å². The third-order valence-corrected chi connectivity index (χ3v) is 6.59. The summed E-state index contributed by atoms with van der Waals surface area (Å²) in [6.07, 6.45) is 3.72. The molecule has 0 amide bonds. The highest BCUT2D eigenvalue weighted by Crippen LogP contribution is 2.40. The summed E-state index contributed by atoms with van der Waals surface area (Å²) in [5, 5.41) is 4.22. The summed E-state index contributed by atoms with van der Waals surface area (Å²) < 4.78 is 24.2. The predicted molar refractivity (Wildman–Crippen MR) is 111 cm³/mol. The van der Waals surface area contributed by atoms with Crippen LogP contribution < -0.4 is 0 Å². The Hall–Kier alpha value is -1.99. The van der Waals surface area contributed by atoms with Crippen LogP contribution in [0.1, 0.15) is 44.6 Å². The second kappa shape index (κ2) is 9.43. The van der Waals surface area contributed by atoms with Crippen LogP contribution in [0.4, 0.5) is 4.39 Å². The number of carbonyl (C=O) groups is 1. The number of piperidine rings is 1. The molecule has 0 aromatic heterocycles. The molecule has 0 unspecified atom stereocenters. The lowest BCUT2D eigenvalue weighted by atomic mass is 9.73. The van der Waals surface area contributed by atoms with Gasteiger partial charge in [-0.25, -0.2) is 4.39 Å². The fourth-order valence-corrected chi connectivity index (χ4v) is 4.82. The number of hydrogen-bond acceptors (Lipinski definition) is 6. The summed E-state index contributed by atoms with van der Waals surface area (Å²) in [7, 11) is 0. The number of benzene rings is 1. The number of ether oxygens (including phenoxy) is 2. The van der Waals surface area contributed by atoms with E-state index in [0.717, 1.165) is 63.4 Å². The Bertz CT molecular complexity index is 753. The Morgan fingerprint density at radius 2 is 2.07 bits per heavy atom. The molecule has 0 saturated carbocycles. The van der Waals surface area contributed by atoms with E-state index in [4.69, 9.17) is 14.3 Å². The van der Waals surface area contributed by atoms with Gasteiger partial charge in [-0.3, -0.25) is 4.79 Å². The molecule has 0 spiro atoms. The molecule has 0 N–H and O–H groups in total. The smallest absolute Gasteiger partial charge is 0.312 e. The van der Waals surface area contributed by atoms with Gasteiger partial charge in [0.15, 0.2) is 0 Å². The van der Waals surface area contributed by atoms with Crippen LogP contribution in [0.3, 0.4) is 0 Å². The zero-order valence-electron chi connectivity index (χ0n) is 17.6. The van der Waals surface area contributed by atoms with Gasteiger partial charge in [-0.1, -0.05) is 17.3 Å². The summed E-state index contributed by atoms with van der Waals surface area (Å²) in [5.74, 6) is 0.213. The summed E-state index contributed by atoms with van der Waals surface area (Å²) in [6, 6.07) is 6.28. The van der Waals surface area contributed by atoms with Gasteiger partial charge in [-0.05, 0) is 62.9 Å². The van der Waals surface area contributed by atoms with Crippen LogP contribution in [0.25, 0.3) is 0 Å². The second-order valence-electron chi connectivity index (χ2n) is 8.71. The third kappa shape index (κ3) is 4.83. The van der Waals surface area contributed by atoms with E-state index in [9.17, 15) is 9.18 Å². The van der Waals surface area contributed by atoms with Crippen LogP contribution in [0.5, 0.6) is 0 Å². The molecule has 0 bridgehead atoms. The Kier molecular flexibility index (Phi) is 6.68. The zero-order chi connectivity index (χ0) is 21.0.